The van der Waals surface area contributed by atoms with Gasteiger partial charge >= 0.3 is 12.1 Å². The SMILES string of the molecule is COC(=O)C1Cc2ccccc2CC1C(=O)c1nc(-c2ccc(OC)c3nc(C(F)(F)F)ccc23)oc1[C@H](C)N. The number of hydrogen-bond donors (Lipinski definition) is 1. The molecule has 0 aliphatic heterocycles. The Morgan fingerprint density at radius 2 is 1.68 bits per heavy atom. The molecule has 2 unspecified atom stereocenters. The highest BCUT2D eigenvalue weighted by molar-refractivity contribution is 6.01. The number of ketones is 1. The Balaban J connectivity index is 1.62. The standard InChI is InChI=1S/C29H26F3N3O5/c1-14(33)26-24(25(36)19-12-15-6-4-5-7-16(15)13-20(19)28(37)39-3)35-27(40-26)18-8-10-21(38-2)23-17(18)9-11-22(34-23)29(30,31)32/h4-11,14,19-20H,12-13,33H2,1-3H3/t14-,19?,20?/m0/s1. The number of hydrogen-bond acceptors (Lipinski definition) is 8. The van der Waals surface area contributed by atoms with Crippen LogP contribution in [0.1, 0.15) is 46.0 Å². The number of aromatic nitrogens is 2. The average Bonchev–Trinajstić information content (AvgIpc) is 3.40. The fourth-order valence-electron chi connectivity index (χ4n) is 5.20. The lowest BCUT2D eigenvalue weighted by Crippen LogP contribution is -2.38. The normalized spacial score (nSPS) is 17.8. The van der Waals surface area contributed by atoms with Gasteiger partial charge in [0.05, 0.1) is 26.2 Å². The number of fused-ring (bicyclic) bond motifs is 2. The van der Waals surface area contributed by atoms with E-state index in [1.807, 2.05) is 24.3 Å². The molecule has 2 aromatic carbocycles. The molecule has 40 heavy (non-hydrogen) atoms. The third-order valence-corrected chi connectivity index (χ3v) is 7.19. The largest absolute Gasteiger partial charge is 0.494 e. The van der Waals surface area contributed by atoms with Crippen molar-refractivity contribution >= 4 is 22.7 Å². The molecule has 8 nitrogen and oxygen atoms in total. The molecule has 5 rings (SSSR count). The molecular formula is C29H26F3N3O5. The van der Waals surface area contributed by atoms with E-state index in [4.69, 9.17) is 19.6 Å². The van der Waals surface area contributed by atoms with E-state index in [0.717, 1.165) is 17.2 Å². The van der Waals surface area contributed by atoms with Gasteiger partial charge in [0.1, 0.15) is 17.0 Å². The van der Waals surface area contributed by atoms with Crippen LogP contribution in [-0.2, 0) is 28.5 Å². The van der Waals surface area contributed by atoms with Gasteiger partial charge < -0.3 is 19.6 Å². The van der Waals surface area contributed by atoms with E-state index >= 15 is 0 Å². The number of carbonyl (C=O) groups is 2. The highest BCUT2D eigenvalue weighted by Crippen LogP contribution is 2.39. The number of nitrogens with zero attached hydrogens (tertiary/aromatic N) is 2. The Hall–Kier alpha value is -4.25. The van der Waals surface area contributed by atoms with Gasteiger partial charge in [0, 0.05) is 16.9 Å². The van der Waals surface area contributed by atoms with Gasteiger partial charge in [0.25, 0.3) is 0 Å². The summed E-state index contributed by atoms with van der Waals surface area (Å²) in [6.07, 6.45) is -4.03. The Kier molecular flexibility index (Phi) is 7.09. The van der Waals surface area contributed by atoms with Crippen LogP contribution < -0.4 is 10.5 Å². The smallest absolute Gasteiger partial charge is 0.433 e. The van der Waals surface area contributed by atoms with Crippen LogP contribution in [0.4, 0.5) is 13.2 Å². The third kappa shape index (κ3) is 4.81. The molecule has 0 bridgehead atoms. The quantitative estimate of drug-likeness (QED) is 0.252. The first-order chi connectivity index (χ1) is 19.0. The lowest BCUT2D eigenvalue weighted by atomic mass is 9.73. The first-order valence-corrected chi connectivity index (χ1v) is 12.5. The van der Waals surface area contributed by atoms with Gasteiger partial charge in [-0.15, -0.1) is 0 Å². The monoisotopic (exact) mass is 553 g/mol. The van der Waals surface area contributed by atoms with Gasteiger partial charge in [-0.2, -0.15) is 13.2 Å². The van der Waals surface area contributed by atoms with Crippen molar-refractivity contribution in [2.24, 2.45) is 17.6 Å². The molecule has 2 aromatic heterocycles. The van der Waals surface area contributed by atoms with E-state index in [9.17, 15) is 22.8 Å². The van der Waals surface area contributed by atoms with Gasteiger partial charge in [0.2, 0.25) is 5.89 Å². The van der Waals surface area contributed by atoms with E-state index in [0.29, 0.717) is 18.4 Å². The van der Waals surface area contributed by atoms with Crippen molar-refractivity contribution in [1.82, 2.24) is 9.97 Å². The fourth-order valence-corrected chi connectivity index (χ4v) is 5.20. The minimum atomic E-state index is -4.66. The van der Waals surface area contributed by atoms with Crippen LogP contribution in [0.5, 0.6) is 5.75 Å². The summed E-state index contributed by atoms with van der Waals surface area (Å²) in [4.78, 5) is 35.0. The van der Waals surface area contributed by atoms with Gasteiger partial charge in [-0.1, -0.05) is 24.3 Å². The second kappa shape index (κ2) is 10.4. The highest BCUT2D eigenvalue weighted by Gasteiger charge is 2.41. The minimum Gasteiger partial charge on any atom is -0.494 e. The number of rotatable bonds is 6. The van der Waals surface area contributed by atoms with Gasteiger partial charge in [-0.3, -0.25) is 9.59 Å². The molecule has 0 amide bonds. The van der Waals surface area contributed by atoms with Crippen LogP contribution in [0.15, 0.2) is 52.9 Å². The zero-order valence-electron chi connectivity index (χ0n) is 21.9. The molecule has 11 heteroatoms. The maximum Gasteiger partial charge on any atom is 0.433 e. The summed E-state index contributed by atoms with van der Waals surface area (Å²) in [6, 6.07) is 12.0. The van der Waals surface area contributed by atoms with Crippen molar-refractivity contribution in [3.63, 3.8) is 0 Å². The number of carbonyl (C=O) groups excluding carboxylic acids is 2. The number of halogens is 3. The third-order valence-electron chi connectivity index (χ3n) is 7.19. The fraction of sp³-hybridized carbons (Fsp3) is 0.310. The van der Waals surface area contributed by atoms with Crippen molar-refractivity contribution in [3.05, 3.63) is 76.8 Å². The predicted molar refractivity (Wildman–Crippen MR) is 139 cm³/mol. The summed E-state index contributed by atoms with van der Waals surface area (Å²) in [5.74, 6) is -2.24. The number of methoxy groups -OCH3 is 2. The summed E-state index contributed by atoms with van der Waals surface area (Å²) in [7, 11) is 2.60. The van der Waals surface area contributed by atoms with Crippen molar-refractivity contribution in [1.29, 1.82) is 0 Å². The van der Waals surface area contributed by atoms with E-state index in [1.165, 1.54) is 26.4 Å². The maximum atomic E-state index is 14.0. The van der Waals surface area contributed by atoms with E-state index in [1.54, 1.807) is 13.0 Å². The molecular weight excluding hydrogens is 527 g/mol. The Bertz CT molecular complexity index is 1610. The molecule has 208 valence electrons. The van der Waals surface area contributed by atoms with Gasteiger partial charge in [-0.05, 0) is 55.2 Å². The predicted octanol–water partition coefficient (Wildman–Crippen LogP) is 5.32. The molecule has 1 aliphatic carbocycles. The van der Waals surface area contributed by atoms with Crippen molar-refractivity contribution < 1.29 is 36.7 Å². The van der Waals surface area contributed by atoms with Crippen molar-refractivity contribution in [2.45, 2.75) is 32.0 Å². The molecule has 0 saturated heterocycles. The van der Waals surface area contributed by atoms with Crippen LogP contribution in [0.2, 0.25) is 0 Å². The average molecular weight is 554 g/mol. The number of nitrogens with two attached hydrogens (primary N) is 1. The van der Waals surface area contributed by atoms with E-state index in [-0.39, 0.29) is 34.0 Å². The Labute approximate surface area is 227 Å². The highest BCUT2D eigenvalue weighted by atomic mass is 19.4. The number of ether oxygens (including phenoxy) is 2. The second-order valence-corrected chi connectivity index (χ2v) is 9.70. The van der Waals surface area contributed by atoms with Crippen LogP contribution in [0.25, 0.3) is 22.4 Å². The molecule has 2 N–H and O–H groups in total. The molecule has 2 heterocycles. The zero-order valence-corrected chi connectivity index (χ0v) is 21.9. The number of benzene rings is 2. The van der Waals surface area contributed by atoms with Crippen LogP contribution in [0.3, 0.4) is 0 Å². The van der Waals surface area contributed by atoms with E-state index in [2.05, 4.69) is 9.97 Å². The summed E-state index contributed by atoms with van der Waals surface area (Å²) >= 11 is 0. The maximum absolute atomic E-state index is 14.0. The lowest BCUT2D eigenvalue weighted by molar-refractivity contribution is -0.147. The number of Topliss-reactive ketones (excluding diaryl/α,β-unsaturated/α-hetero) is 1. The summed E-state index contributed by atoms with van der Waals surface area (Å²) in [5, 5.41) is 0.280. The number of pyridine rings is 1. The summed E-state index contributed by atoms with van der Waals surface area (Å²) in [6.45, 7) is 1.62. The molecule has 0 spiro atoms. The molecule has 0 saturated carbocycles. The second-order valence-electron chi connectivity index (χ2n) is 9.70. The molecule has 0 radical (unpaired) electrons. The molecule has 0 fully saturated rings. The van der Waals surface area contributed by atoms with E-state index < -0.39 is 41.5 Å². The van der Waals surface area contributed by atoms with Crippen LogP contribution in [-0.4, -0.2) is 35.9 Å². The van der Waals surface area contributed by atoms with Gasteiger partial charge in [-0.25, -0.2) is 9.97 Å². The Morgan fingerprint density at radius 3 is 2.27 bits per heavy atom. The molecule has 3 atom stereocenters. The number of oxazole rings is 1. The van der Waals surface area contributed by atoms with Gasteiger partial charge in [0.15, 0.2) is 17.2 Å². The topological polar surface area (TPSA) is 118 Å². The van der Waals surface area contributed by atoms with Crippen LogP contribution in [0, 0.1) is 11.8 Å². The number of esters is 1. The summed E-state index contributed by atoms with van der Waals surface area (Å²) < 4.78 is 56.4. The van der Waals surface area contributed by atoms with Crippen molar-refractivity contribution in [2.75, 3.05) is 14.2 Å². The first-order valence-electron chi connectivity index (χ1n) is 12.5. The molecule has 4 aromatic rings. The van der Waals surface area contributed by atoms with Crippen LogP contribution >= 0.6 is 0 Å². The number of alkyl halides is 3. The lowest BCUT2D eigenvalue weighted by Gasteiger charge is -2.30. The van der Waals surface area contributed by atoms with Crippen molar-refractivity contribution in [3.8, 4) is 17.2 Å². The zero-order chi connectivity index (χ0) is 28.8. The minimum absolute atomic E-state index is 0.0179. The summed E-state index contributed by atoms with van der Waals surface area (Å²) in [5.41, 5.74) is 7.21. The molecule has 1 aliphatic rings. The Morgan fingerprint density at radius 1 is 1.00 bits per heavy atom. The first kappa shape index (κ1) is 27.3.